The van der Waals surface area contributed by atoms with Crippen molar-refractivity contribution in [3.05, 3.63) is 89.2 Å². The minimum absolute atomic E-state index is 0.0155. The number of benzene rings is 3. The van der Waals surface area contributed by atoms with Crippen LogP contribution in [0.2, 0.25) is 5.02 Å². The van der Waals surface area contributed by atoms with Gasteiger partial charge in [-0.1, -0.05) is 29.8 Å². The Morgan fingerprint density at radius 3 is 2.29 bits per heavy atom. The number of para-hydroxylation sites is 1. The van der Waals surface area contributed by atoms with Crippen LogP contribution in [0.5, 0.6) is 11.5 Å². The Bertz CT molecular complexity index is 977. The molecular formula is C21H15ClFNO4. The zero-order chi connectivity index (χ0) is 19.9. The smallest absolute Gasteiger partial charge is 0.340 e. The average Bonchev–Trinajstić information content (AvgIpc) is 2.68. The normalized spacial score (nSPS) is 10.2. The van der Waals surface area contributed by atoms with Crippen molar-refractivity contribution < 1.29 is 23.5 Å². The summed E-state index contributed by atoms with van der Waals surface area (Å²) in [5.41, 5.74) is 0.500. The van der Waals surface area contributed by atoms with E-state index in [-0.39, 0.29) is 10.6 Å². The van der Waals surface area contributed by atoms with Crippen molar-refractivity contribution in [1.29, 1.82) is 0 Å². The number of anilines is 1. The highest BCUT2D eigenvalue weighted by molar-refractivity contribution is 6.33. The summed E-state index contributed by atoms with van der Waals surface area (Å²) < 4.78 is 23.6. The quantitative estimate of drug-likeness (QED) is 0.588. The van der Waals surface area contributed by atoms with Crippen LogP contribution in [0, 0.1) is 5.82 Å². The monoisotopic (exact) mass is 399 g/mol. The number of rotatable bonds is 6. The Labute approximate surface area is 165 Å². The Morgan fingerprint density at radius 2 is 1.61 bits per heavy atom. The van der Waals surface area contributed by atoms with Crippen LogP contribution in [0.15, 0.2) is 72.8 Å². The van der Waals surface area contributed by atoms with E-state index < -0.39 is 24.3 Å². The van der Waals surface area contributed by atoms with Gasteiger partial charge in [-0.2, -0.15) is 0 Å². The molecule has 0 aliphatic rings. The van der Waals surface area contributed by atoms with Gasteiger partial charge in [0.15, 0.2) is 6.61 Å². The molecule has 0 atom stereocenters. The van der Waals surface area contributed by atoms with Crippen molar-refractivity contribution in [2.24, 2.45) is 0 Å². The molecule has 0 unspecified atom stereocenters. The van der Waals surface area contributed by atoms with Crippen molar-refractivity contribution in [3.8, 4) is 11.5 Å². The molecule has 0 saturated heterocycles. The number of nitrogens with one attached hydrogen (secondary N) is 1. The maximum absolute atomic E-state index is 13.0. The third-order valence-corrected chi connectivity index (χ3v) is 3.92. The van der Waals surface area contributed by atoms with Crippen LogP contribution in [0.1, 0.15) is 10.4 Å². The van der Waals surface area contributed by atoms with Gasteiger partial charge in [0.05, 0.1) is 10.6 Å². The number of esters is 1. The molecule has 3 rings (SSSR count). The molecule has 0 heterocycles. The summed E-state index contributed by atoms with van der Waals surface area (Å²) in [5.74, 6) is -0.596. The predicted octanol–water partition coefficient (Wildman–Crippen LogP) is 5.07. The third-order valence-electron chi connectivity index (χ3n) is 3.60. The van der Waals surface area contributed by atoms with E-state index in [9.17, 15) is 14.0 Å². The number of hydrogen-bond acceptors (Lipinski definition) is 4. The Hall–Kier alpha value is -3.38. The van der Waals surface area contributed by atoms with Crippen molar-refractivity contribution in [1.82, 2.24) is 0 Å². The minimum atomic E-state index is -0.813. The second-order valence-corrected chi connectivity index (χ2v) is 6.10. The number of hydrogen-bond donors (Lipinski definition) is 1. The molecule has 3 aromatic rings. The van der Waals surface area contributed by atoms with Crippen LogP contribution in [-0.4, -0.2) is 18.5 Å². The Morgan fingerprint density at radius 1 is 0.929 bits per heavy atom. The molecule has 0 aromatic heterocycles. The molecule has 0 saturated carbocycles. The van der Waals surface area contributed by atoms with E-state index in [0.29, 0.717) is 17.2 Å². The summed E-state index contributed by atoms with van der Waals surface area (Å²) in [7, 11) is 0. The van der Waals surface area contributed by atoms with E-state index in [0.717, 1.165) is 12.1 Å². The second kappa shape index (κ2) is 9.01. The van der Waals surface area contributed by atoms with Crippen LogP contribution in [0.3, 0.4) is 0 Å². The van der Waals surface area contributed by atoms with Gasteiger partial charge < -0.3 is 14.8 Å². The fourth-order valence-electron chi connectivity index (χ4n) is 2.29. The molecule has 0 bridgehead atoms. The van der Waals surface area contributed by atoms with Gasteiger partial charge in [0.25, 0.3) is 5.91 Å². The molecule has 0 fully saturated rings. The summed E-state index contributed by atoms with van der Waals surface area (Å²) in [4.78, 5) is 23.9. The zero-order valence-corrected chi connectivity index (χ0v) is 15.3. The first-order valence-electron chi connectivity index (χ1n) is 8.26. The van der Waals surface area contributed by atoms with Gasteiger partial charge in [0.1, 0.15) is 17.3 Å². The SMILES string of the molecule is O=C(COC(=O)c1ccc(F)cc1Cl)Nc1ccc(Oc2ccccc2)cc1. The standard InChI is InChI=1S/C21H15ClFNO4/c22-19-12-14(23)6-11-18(19)21(26)27-13-20(25)24-15-7-9-17(10-8-15)28-16-4-2-1-3-5-16/h1-12H,13H2,(H,24,25). The van der Waals surface area contributed by atoms with Crippen molar-refractivity contribution >= 4 is 29.2 Å². The van der Waals surface area contributed by atoms with Crippen molar-refractivity contribution in [2.45, 2.75) is 0 Å². The zero-order valence-electron chi connectivity index (χ0n) is 14.5. The molecule has 1 amide bonds. The highest BCUT2D eigenvalue weighted by atomic mass is 35.5. The molecule has 0 aliphatic heterocycles. The maximum atomic E-state index is 13.0. The molecule has 0 radical (unpaired) electrons. The average molecular weight is 400 g/mol. The number of amides is 1. The molecule has 3 aromatic carbocycles. The highest BCUT2D eigenvalue weighted by Crippen LogP contribution is 2.22. The van der Waals surface area contributed by atoms with E-state index in [1.54, 1.807) is 24.3 Å². The lowest BCUT2D eigenvalue weighted by Gasteiger charge is -2.09. The molecule has 0 aliphatic carbocycles. The van der Waals surface area contributed by atoms with Crippen LogP contribution < -0.4 is 10.1 Å². The summed E-state index contributed by atoms with van der Waals surface area (Å²) in [6.07, 6.45) is 0. The van der Waals surface area contributed by atoms with Gasteiger partial charge in [-0.3, -0.25) is 4.79 Å². The van der Waals surface area contributed by atoms with Crippen LogP contribution in [0.25, 0.3) is 0 Å². The van der Waals surface area contributed by atoms with E-state index >= 15 is 0 Å². The highest BCUT2D eigenvalue weighted by Gasteiger charge is 2.14. The summed E-state index contributed by atoms with van der Waals surface area (Å²) in [5, 5.41) is 2.51. The Balaban J connectivity index is 1.51. The van der Waals surface area contributed by atoms with Gasteiger partial charge in [-0.25, -0.2) is 9.18 Å². The largest absolute Gasteiger partial charge is 0.457 e. The number of carbonyl (C=O) groups is 2. The first-order chi connectivity index (χ1) is 13.5. The summed E-state index contributed by atoms with van der Waals surface area (Å²) in [6, 6.07) is 19.3. The fourth-order valence-corrected chi connectivity index (χ4v) is 2.54. The van der Waals surface area contributed by atoms with Crippen molar-refractivity contribution in [2.75, 3.05) is 11.9 Å². The summed E-state index contributed by atoms with van der Waals surface area (Å²) >= 11 is 5.79. The van der Waals surface area contributed by atoms with Crippen LogP contribution >= 0.6 is 11.6 Å². The molecule has 5 nitrogen and oxygen atoms in total. The lowest BCUT2D eigenvalue weighted by atomic mass is 10.2. The topological polar surface area (TPSA) is 64.6 Å². The molecule has 0 spiro atoms. The minimum Gasteiger partial charge on any atom is -0.457 e. The molecule has 1 N–H and O–H groups in total. The fraction of sp³-hybridized carbons (Fsp3) is 0.0476. The second-order valence-electron chi connectivity index (χ2n) is 5.69. The number of halogens is 2. The number of carbonyl (C=O) groups excluding carboxylic acids is 2. The van der Waals surface area contributed by atoms with Gasteiger partial charge in [0.2, 0.25) is 0 Å². The van der Waals surface area contributed by atoms with Gasteiger partial charge >= 0.3 is 5.97 Å². The lowest BCUT2D eigenvalue weighted by molar-refractivity contribution is -0.119. The summed E-state index contributed by atoms with van der Waals surface area (Å²) in [6.45, 7) is -0.505. The molecule has 142 valence electrons. The molecule has 28 heavy (non-hydrogen) atoms. The van der Waals surface area contributed by atoms with E-state index in [4.69, 9.17) is 21.1 Å². The predicted molar refractivity (Wildman–Crippen MR) is 103 cm³/mol. The lowest BCUT2D eigenvalue weighted by Crippen LogP contribution is -2.21. The van der Waals surface area contributed by atoms with E-state index in [1.807, 2.05) is 30.3 Å². The molecular weight excluding hydrogens is 385 g/mol. The van der Waals surface area contributed by atoms with E-state index in [2.05, 4.69) is 5.32 Å². The first kappa shape index (κ1) is 19.4. The Kier molecular flexibility index (Phi) is 6.24. The molecule has 7 heteroatoms. The van der Waals surface area contributed by atoms with Crippen LogP contribution in [0.4, 0.5) is 10.1 Å². The number of ether oxygens (including phenoxy) is 2. The van der Waals surface area contributed by atoms with Crippen LogP contribution in [-0.2, 0) is 9.53 Å². The van der Waals surface area contributed by atoms with Gasteiger partial charge in [-0.15, -0.1) is 0 Å². The van der Waals surface area contributed by atoms with Gasteiger partial charge in [0, 0.05) is 5.69 Å². The maximum Gasteiger partial charge on any atom is 0.340 e. The first-order valence-corrected chi connectivity index (χ1v) is 8.64. The van der Waals surface area contributed by atoms with Crippen molar-refractivity contribution in [3.63, 3.8) is 0 Å². The third kappa shape index (κ3) is 5.31. The van der Waals surface area contributed by atoms with E-state index in [1.165, 1.54) is 6.07 Å². The van der Waals surface area contributed by atoms with Gasteiger partial charge in [-0.05, 0) is 54.6 Å².